The number of aryl methyl sites for hydroxylation is 2. The fourth-order valence-electron chi connectivity index (χ4n) is 0.921. The Hall–Kier alpha value is -0.870. The van der Waals surface area contributed by atoms with E-state index in [-0.39, 0.29) is 5.75 Å². The fourth-order valence-corrected chi connectivity index (χ4v) is 1.44. The highest BCUT2D eigenvalue weighted by atomic mass is 32.2. The van der Waals surface area contributed by atoms with Gasteiger partial charge in [0.1, 0.15) is 0 Å². The van der Waals surface area contributed by atoms with Gasteiger partial charge in [-0.2, -0.15) is 8.42 Å². The monoisotopic (exact) mass is 230 g/mol. The molecule has 86 valence electrons. The Morgan fingerprint density at radius 1 is 1.13 bits per heavy atom. The van der Waals surface area contributed by atoms with E-state index < -0.39 is 10.1 Å². The number of hydrogen-bond acceptors (Lipinski definition) is 2. The van der Waals surface area contributed by atoms with E-state index in [0.717, 1.165) is 0 Å². The molecule has 0 saturated carbocycles. The van der Waals surface area contributed by atoms with Crippen LogP contribution in [0.5, 0.6) is 0 Å². The topological polar surface area (TPSA) is 54.4 Å². The quantitative estimate of drug-likeness (QED) is 0.794. The van der Waals surface area contributed by atoms with Crippen molar-refractivity contribution in [3.8, 4) is 0 Å². The summed E-state index contributed by atoms with van der Waals surface area (Å²) >= 11 is 0. The highest BCUT2D eigenvalue weighted by Gasteiger charge is 1.98. The highest BCUT2D eigenvalue weighted by Crippen LogP contribution is 2.02. The zero-order valence-electron chi connectivity index (χ0n) is 9.40. The largest absolute Gasteiger partial charge is 0.286 e. The van der Waals surface area contributed by atoms with Gasteiger partial charge in [-0.1, -0.05) is 31.2 Å². The smallest absolute Gasteiger partial charge is 0.264 e. The minimum atomic E-state index is -3.67. The molecule has 0 spiro atoms. The molecule has 0 saturated heterocycles. The summed E-state index contributed by atoms with van der Waals surface area (Å²) in [4.78, 5) is 0. The van der Waals surface area contributed by atoms with Crippen LogP contribution < -0.4 is 0 Å². The summed E-state index contributed by atoms with van der Waals surface area (Å²) in [5, 5.41) is 0. The normalized spacial score (nSPS) is 10.4. The average molecular weight is 230 g/mol. The van der Waals surface area contributed by atoms with Crippen molar-refractivity contribution in [2.24, 2.45) is 0 Å². The van der Waals surface area contributed by atoms with E-state index in [0.29, 0.717) is 6.42 Å². The molecule has 3 nitrogen and oxygen atoms in total. The molecule has 0 radical (unpaired) electrons. The third kappa shape index (κ3) is 8.15. The van der Waals surface area contributed by atoms with Crippen molar-refractivity contribution in [2.45, 2.75) is 27.2 Å². The Balaban J connectivity index is 0.000000265. The molecule has 0 aromatic heterocycles. The van der Waals surface area contributed by atoms with Crippen LogP contribution in [-0.2, 0) is 10.1 Å². The molecule has 1 aromatic carbocycles. The number of rotatable bonds is 2. The minimum Gasteiger partial charge on any atom is -0.286 e. The van der Waals surface area contributed by atoms with Gasteiger partial charge in [-0.05, 0) is 31.4 Å². The predicted molar refractivity (Wildman–Crippen MR) is 62.6 cm³/mol. The van der Waals surface area contributed by atoms with Crippen molar-refractivity contribution in [3.05, 3.63) is 35.4 Å². The van der Waals surface area contributed by atoms with Gasteiger partial charge in [0.05, 0.1) is 5.75 Å². The summed E-state index contributed by atoms with van der Waals surface area (Å²) in [7, 11) is -3.67. The molecule has 0 amide bonds. The van der Waals surface area contributed by atoms with Gasteiger partial charge < -0.3 is 0 Å². The van der Waals surface area contributed by atoms with E-state index in [9.17, 15) is 8.42 Å². The Morgan fingerprint density at radius 3 is 1.67 bits per heavy atom. The molecule has 0 aliphatic heterocycles. The first-order valence-electron chi connectivity index (χ1n) is 4.84. The number of benzene rings is 1. The average Bonchev–Trinajstić information content (AvgIpc) is 2.09. The number of hydrogen-bond donors (Lipinski definition) is 1. The molecule has 0 fully saturated rings. The van der Waals surface area contributed by atoms with Crippen LogP contribution in [0, 0.1) is 13.8 Å². The van der Waals surface area contributed by atoms with Crippen LogP contribution in [0.4, 0.5) is 0 Å². The Morgan fingerprint density at radius 2 is 1.53 bits per heavy atom. The molecule has 0 aliphatic carbocycles. The Labute approximate surface area is 91.9 Å². The van der Waals surface area contributed by atoms with Crippen molar-refractivity contribution in [1.29, 1.82) is 0 Å². The second-order valence-corrected chi connectivity index (χ2v) is 4.94. The molecule has 15 heavy (non-hydrogen) atoms. The van der Waals surface area contributed by atoms with E-state index in [1.165, 1.54) is 11.1 Å². The Bertz CT molecular complexity index is 362. The standard InChI is InChI=1S/C8H10.C3H8O3S/c1-7-5-3-4-6-8(7)2;1-2-3-7(4,5)6/h3-6H,1-2H3;2-3H2,1H3,(H,4,5,6). The summed E-state index contributed by atoms with van der Waals surface area (Å²) < 4.78 is 27.6. The van der Waals surface area contributed by atoms with Crippen molar-refractivity contribution < 1.29 is 13.0 Å². The molecule has 0 unspecified atom stereocenters. The van der Waals surface area contributed by atoms with Crippen LogP contribution in [0.3, 0.4) is 0 Å². The first-order valence-corrected chi connectivity index (χ1v) is 6.45. The van der Waals surface area contributed by atoms with Crippen LogP contribution in [-0.4, -0.2) is 18.7 Å². The molecule has 0 atom stereocenters. The van der Waals surface area contributed by atoms with Crippen molar-refractivity contribution >= 4 is 10.1 Å². The Kier molecular flexibility index (Phi) is 6.20. The van der Waals surface area contributed by atoms with Gasteiger partial charge in [-0.3, -0.25) is 4.55 Å². The van der Waals surface area contributed by atoms with Gasteiger partial charge in [-0.25, -0.2) is 0 Å². The maximum atomic E-state index is 9.79. The van der Waals surface area contributed by atoms with Gasteiger partial charge in [0.2, 0.25) is 0 Å². The lowest BCUT2D eigenvalue weighted by molar-refractivity contribution is 0.482. The van der Waals surface area contributed by atoms with Gasteiger partial charge in [0, 0.05) is 0 Å². The van der Waals surface area contributed by atoms with Crippen LogP contribution >= 0.6 is 0 Å². The molecular weight excluding hydrogens is 212 g/mol. The van der Waals surface area contributed by atoms with Crippen molar-refractivity contribution in [2.75, 3.05) is 5.75 Å². The highest BCUT2D eigenvalue weighted by molar-refractivity contribution is 7.85. The molecule has 0 heterocycles. The van der Waals surface area contributed by atoms with Gasteiger partial charge in [0.15, 0.2) is 0 Å². The first kappa shape index (κ1) is 14.1. The van der Waals surface area contributed by atoms with Crippen LogP contribution in [0.25, 0.3) is 0 Å². The summed E-state index contributed by atoms with van der Waals surface area (Å²) in [6, 6.07) is 8.36. The lowest BCUT2D eigenvalue weighted by Crippen LogP contribution is -2.01. The van der Waals surface area contributed by atoms with E-state index in [4.69, 9.17) is 4.55 Å². The third-order valence-corrected chi connectivity index (χ3v) is 2.81. The molecule has 4 heteroatoms. The first-order chi connectivity index (χ1) is 6.87. The fraction of sp³-hybridized carbons (Fsp3) is 0.455. The van der Waals surface area contributed by atoms with Crippen LogP contribution in [0.15, 0.2) is 24.3 Å². The van der Waals surface area contributed by atoms with E-state index in [1.807, 2.05) is 0 Å². The van der Waals surface area contributed by atoms with E-state index in [2.05, 4.69) is 38.1 Å². The summed E-state index contributed by atoms with van der Waals surface area (Å²) in [6.45, 7) is 5.93. The lowest BCUT2D eigenvalue weighted by Gasteiger charge is -1.93. The maximum Gasteiger partial charge on any atom is 0.264 e. The predicted octanol–water partition coefficient (Wildman–Crippen LogP) is 2.59. The van der Waals surface area contributed by atoms with E-state index in [1.54, 1.807) is 6.92 Å². The van der Waals surface area contributed by atoms with Gasteiger partial charge >= 0.3 is 0 Å². The summed E-state index contributed by atoms with van der Waals surface area (Å²) in [5.41, 5.74) is 2.74. The second-order valence-electron chi connectivity index (χ2n) is 3.37. The molecule has 0 bridgehead atoms. The molecule has 1 N–H and O–H groups in total. The lowest BCUT2D eigenvalue weighted by atomic mass is 10.1. The molecular formula is C11H18O3S. The van der Waals surface area contributed by atoms with Gasteiger partial charge in [-0.15, -0.1) is 0 Å². The molecule has 1 aromatic rings. The zero-order chi connectivity index (χ0) is 11.9. The van der Waals surface area contributed by atoms with E-state index >= 15 is 0 Å². The van der Waals surface area contributed by atoms with Gasteiger partial charge in [0.25, 0.3) is 10.1 Å². The van der Waals surface area contributed by atoms with Crippen LogP contribution in [0.2, 0.25) is 0 Å². The maximum absolute atomic E-state index is 9.79. The molecule has 1 rings (SSSR count). The van der Waals surface area contributed by atoms with Crippen molar-refractivity contribution in [3.63, 3.8) is 0 Å². The summed E-state index contributed by atoms with van der Waals surface area (Å²) in [6.07, 6.45) is 0.471. The summed E-state index contributed by atoms with van der Waals surface area (Å²) in [5.74, 6) is -0.132. The zero-order valence-corrected chi connectivity index (χ0v) is 10.2. The van der Waals surface area contributed by atoms with Crippen LogP contribution in [0.1, 0.15) is 24.5 Å². The second kappa shape index (κ2) is 6.58. The molecule has 0 aliphatic rings. The SMILES string of the molecule is CCCS(=O)(=O)O.Cc1ccccc1C. The third-order valence-electron chi connectivity index (χ3n) is 1.89. The minimum absolute atomic E-state index is 0.132. The van der Waals surface area contributed by atoms with Crippen molar-refractivity contribution in [1.82, 2.24) is 0 Å².